The summed E-state index contributed by atoms with van der Waals surface area (Å²) < 4.78 is 1.79. The van der Waals surface area contributed by atoms with Crippen LogP contribution in [-0.2, 0) is 0 Å². The fraction of sp³-hybridized carbons (Fsp3) is 0.350. The van der Waals surface area contributed by atoms with Gasteiger partial charge in [0.25, 0.3) is 5.91 Å². The van der Waals surface area contributed by atoms with Crippen LogP contribution in [-0.4, -0.2) is 32.1 Å². The van der Waals surface area contributed by atoms with Gasteiger partial charge in [-0.2, -0.15) is 5.10 Å². The quantitative estimate of drug-likeness (QED) is 0.694. The van der Waals surface area contributed by atoms with E-state index in [2.05, 4.69) is 15.5 Å². The molecule has 1 aromatic carbocycles. The largest absolute Gasteiger partial charge is 0.329 e. The molecular weight excluding hydrogens is 344 g/mol. The van der Waals surface area contributed by atoms with Crippen LogP contribution >= 0.6 is 11.3 Å². The lowest BCUT2D eigenvalue weighted by molar-refractivity contribution is 0.0611. The fourth-order valence-electron chi connectivity index (χ4n) is 3.51. The molecule has 0 spiro atoms. The number of thiazole rings is 1. The summed E-state index contributed by atoms with van der Waals surface area (Å²) in [6.45, 7) is 4.82. The Morgan fingerprint density at radius 3 is 2.85 bits per heavy atom. The standard InChI is InChI=1S/C20H22N4OS/c1-14-7-3-4-8-17(14)24-12-16(11-21-24)20(25)23-10-6-5-9-18(23)19-22-15(2)13-26-19/h3-4,7-8,11-13,18H,5-6,9-10H2,1-2H3. The second-order valence-electron chi connectivity index (χ2n) is 6.80. The van der Waals surface area contributed by atoms with Crippen molar-refractivity contribution in [2.24, 2.45) is 0 Å². The minimum Gasteiger partial charge on any atom is -0.329 e. The summed E-state index contributed by atoms with van der Waals surface area (Å²) in [6.07, 6.45) is 6.66. The van der Waals surface area contributed by atoms with Crippen LogP contribution in [0.1, 0.15) is 51.9 Å². The van der Waals surface area contributed by atoms with Gasteiger partial charge < -0.3 is 4.90 Å². The van der Waals surface area contributed by atoms with Crippen LogP contribution in [0.3, 0.4) is 0 Å². The third-order valence-electron chi connectivity index (χ3n) is 4.88. The van der Waals surface area contributed by atoms with E-state index in [0.29, 0.717) is 5.56 Å². The summed E-state index contributed by atoms with van der Waals surface area (Å²) in [7, 11) is 0. The topological polar surface area (TPSA) is 51.0 Å². The highest BCUT2D eigenvalue weighted by Crippen LogP contribution is 2.33. The first-order chi connectivity index (χ1) is 12.6. The first-order valence-electron chi connectivity index (χ1n) is 8.97. The Hall–Kier alpha value is -2.47. The number of piperidine rings is 1. The highest BCUT2D eigenvalue weighted by molar-refractivity contribution is 7.09. The van der Waals surface area contributed by atoms with E-state index in [1.54, 1.807) is 22.2 Å². The van der Waals surface area contributed by atoms with Gasteiger partial charge in [-0.1, -0.05) is 18.2 Å². The Bertz CT molecular complexity index is 929. The number of aromatic nitrogens is 3. The van der Waals surface area contributed by atoms with Crippen molar-refractivity contribution in [3.05, 3.63) is 63.9 Å². The second kappa shape index (κ2) is 7.03. The molecule has 0 saturated carbocycles. The van der Waals surface area contributed by atoms with Crippen molar-refractivity contribution in [2.45, 2.75) is 39.2 Å². The Balaban J connectivity index is 1.61. The maximum atomic E-state index is 13.2. The van der Waals surface area contributed by atoms with E-state index < -0.39 is 0 Å². The lowest BCUT2D eigenvalue weighted by atomic mass is 10.0. The number of carbonyl (C=O) groups excluding carboxylic acids is 1. The third kappa shape index (κ3) is 3.17. The summed E-state index contributed by atoms with van der Waals surface area (Å²) in [5.74, 6) is 0.0439. The normalized spacial score (nSPS) is 17.5. The van der Waals surface area contributed by atoms with Crippen LogP contribution in [0.2, 0.25) is 0 Å². The molecule has 1 aliphatic rings. The zero-order valence-corrected chi connectivity index (χ0v) is 15.9. The van der Waals surface area contributed by atoms with E-state index in [9.17, 15) is 4.79 Å². The number of aryl methyl sites for hydroxylation is 2. The van der Waals surface area contributed by atoms with Crippen molar-refractivity contribution >= 4 is 17.2 Å². The summed E-state index contributed by atoms with van der Waals surface area (Å²) in [5, 5.41) is 7.52. The number of amides is 1. The molecule has 1 aliphatic heterocycles. The number of para-hydroxylation sites is 1. The number of benzene rings is 1. The van der Waals surface area contributed by atoms with E-state index in [0.717, 1.165) is 47.8 Å². The summed E-state index contributed by atoms with van der Waals surface area (Å²) in [6, 6.07) is 8.12. The molecule has 1 unspecified atom stereocenters. The number of carbonyl (C=O) groups is 1. The predicted molar refractivity (Wildman–Crippen MR) is 103 cm³/mol. The number of hydrogen-bond donors (Lipinski definition) is 0. The molecule has 0 aliphatic carbocycles. The number of likely N-dealkylation sites (tertiary alicyclic amines) is 1. The molecule has 6 heteroatoms. The van der Waals surface area contributed by atoms with Gasteiger partial charge in [-0.05, 0) is 44.7 Å². The van der Waals surface area contributed by atoms with Crippen molar-refractivity contribution in [2.75, 3.05) is 6.54 Å². The van der Waals surface area contributed by atoms with Gasteiger partial charge in [0.05, 0.1) is 23.5 Å². The van der Waals surface area contributed by atoms with Crippen LogP contribution in [0.25, 0.3) is 5.69 Å². The van der Waals surface area contributed by atoms with Crippen molar-refractivity contribution in [3.8, 4) is 5.69 Å². The first-order valence-corrected chi connectivity index (χ1v) is 9.85. The lowest BCUT2D eigenvalue weighted by Gasteiger charge is -2.34. The van der Waals surface area contributed by atoms with Crippen LogP contribution in [0.5, 0.6) is 0 Å². The molecule has 1 saturated heterocycles. The molecule has 5 nitrogen and oxygen atoms in total. The molecule has 3 aromatic rings. The van der Waals surface area contributed by atoms with Crippen LogP contribution in [0.15, 0.2) is 42.0 Å². The average Bonchev–Trinajstić information content (AvgIpc) is 3.31. The maximum absolute atomic E-state index is 13.2. The number of hydrogen-bond acceptors (Lipinski definition) is 4. The number of rotatable bonds is 3. The Labute approximate surface area is 157 Å². The smallest absolute Gasteiger partial charge is 0.257 e. The number of nitrogens with zero attached hydrogens (tertiary/aromatic N) is 4. The van der Waals surface area contributed by atoms with Crippen molar-refractivity contribution < 1.29 is 4.79 Å². The van der Waals surface area contributed by atoms with Gasteiger partial charge in [-0.3, -0.25) is 4.79 Å². The van der Waals surface area contributed by atoms with Gasteiger partial charge >= 0.3 is 0 Å². The highest BCUT2D eigenvalue weighted by Gasteiger charge is 2.31. The van der Waals surface area contributed by atoms with E-state index in [1.807, 2.05) is 49.2 Å². The molecule has 3 heterocycles. The summed E-state index contributed by atoms with van der Waals surface area (Å²) in [5.41, 5.74) is 3.78. The molecule has 1 fully saturated rings. The van der Waals surface area contributed by atoms with Crippen LogP contribution < -0.4 is 0 Å². The van der Waals surface area contributed by atoms with Crippen LogP contribution in [0, 0.1) is 13.8 Å². The Morgan fingerprint density at radius 1 is 1.23 bits per heavy atom. The van der Waals surface area contributed by atoms with E-state index in [1.165, 1.54) is 0 Å². The highest BCUT2D eigenvalue weighted by atomic mass is 32.1. The molecule has 0 bridgehead atoms. The van der Waals surface area contributed by atoms with E-state index >= 15 is 0 Å². The second-order valence-corrected chi connectivity index (χ2v) is 7.69. The molecule has 134 valence electrons. The molecule has 1 amide bonds. The molecular formula is C20H22N4OS. The van der Waals surface area contributed by atoms with Gasteiger partial charge in [0, 0.05) is 23.8 Å². The van der Waals surface area contributed by atoms with Crippen molar-refractivity contribution in [1.29, 1.82) is 0 Å². The van der Waals surface area contributed by atoms with Crippen molar-refractivity contribution in [1.82, 2.24) is 19.7 Å². The Kier molecular flexibility index (Phi) is 4.59. The van der Waals surface area contributed by atoms with E-state index in [4.69, 9.17) is 0 Å². The van der Waals surface area contributed by atoms with Crippen molar-refractivity contribution in [3.63, 3.8) is 0 Å². The molecule has 4 rings (SSSR count). The third-order valence-corrected chi connectivity index (χ3v) is 5.94. The average molecular weight is 366 g/mol. The van der Waals surface area contributed by atoms with Crippen LogP contribution in [0.4, 0.5) is 0 Å². The monoisotopic (exact) mass is 366 g/mol. The molecule has 26 heavy (non-hydrogen) atoms. The van der Waals surface area contributed by atoms with Gasteiger partial charge in [0.15, 0.2) is 0 Å². The lowest BCUT2D eigenvalue weighted by Crippen LogP contribution is -2.38. The Morgan fingerprint density at radius 2 is 2.08 bits per heavy atom. The van der Waals surface area contributed by atoms with Gasteiger partial charge in [0.2, 0.25) is 0 Å². The zero-order chi connectivity index (χ0) is 18.1. The maximum Gasteiger partial charge on any atom is 0.257 e. The summed E-state index contributed by atoms with van der Waals surface area (Å²) in [4.78, 5) is 19.8. The fourth-order valence-corrected chi connectivity index (χ4v) is 4.45. The molecule has 0 radical (unpaired) electrons. The van der Waals surface area contributed by atoms with Gasteiger partial charge in [-0.15, -0.1) is 11.3 Å². The first kappa shape index (κ1) is 17.0. The summed E-state index contributed by atoms with van der Waals surface area (Å²) >= 11 is 1.65. The zero-order valence-electron chi connectivity index (χ0n) is 15.1. The predicted octanol–water partition coefficient (Wildman–Crippen LogP) is 4.31. The molecule has 0 N–H and O–H groups in total. The molecule has 1 atom stereocenters. The van der Waals surface area contributed by atoms with Gasteiger partial charge in [-0.25, -0.2) is 9.67 Å². The SMILES string of the molecule is Cc1csc(C2CCCCN2C(=O)c2cnn(-c3ccccc3C)c2)n1. The van der Waals surface area contributed by atoms with Gasteiger partial charge in [0.1, 0.15) is 5.01 Å². The van der Waals surface area contributed by atoms with E-state index in [-0.39, 0.29) is 11.9 Å². The minimum absolute atomic E-state index is 0.0439. The minimum atomic E-state index is 0.0439. The molecule has 2 aromatic heterocycles.